The molecular formula is C21H17ClFN2OS+. The first kappa shape index (κ1) is 19.0. The Kier molecular flexibility index (Phi) is 5.84. The summed E-state index contributed by atoms with van der Waals surface area (Å²) in [6.07, 6.45) is 3.54. The zero-order chi connectivity index (χ0) is 19.4. The Morgan fingerprint density at radius 3 is 2.37 bits per heavy atom. The summed E-state index contributed by atoms with van der Waals surface area (Å²) in [4.78, 5) is 0.299. The number of aryl methyl sites for hydroxylation is 1. The van der Waals surface area contributed by atoms with Crippen molar-refractivity contribution in [3.63, 3.8) is 0 Å². The fourth-order valence-corrected chi connectivity index (χ4v) is 3.00. The minimum atomic E-state index is -0.379. The maximum absolute atomic E-state index is 13.2. The van der Waals surface area contributed by atoms with Crippen LogP contribution in [0, 0.1) is 12.7 Å². The number of aromatic nitrogens is 1. The van der Waals surface area contributed by atoms with Gasteiger partial charge in [0, 0.05) is 28.4 Å². The Bertz CT molecular complexity index is 1000. The van der Waals surface area contributed by atoms with Crippen LogP contribution in [0.3, 0.4) is 0 Å². The zero-order valence-corrected chi connectivity index (χ0v) is 16.1. The first-order valence-electron chi connectivity index (χ1n) is 8.19. The molecule has 0 atom stereocenters. The third-order valence-electron chi connectivity index (χ3n) is 3.96. The summed E-state index contributed by atoms with van der Waals surface area (Å²) in [5.74, 6) is -0.447. The van der Waals surface area contributed by atoms with Crippen molar-refractivity contribution in [2.45, 2.75) is 6.92 Å². The Balaban J connectivity index is 2.04. The Morgan fingerprint density at radius 1 is 1.07 bits per heavy atom. The second-order valence-electron chi connectivity index (χ2n) is 5.90. The van der Waals surface area contributed by atoms with Crippen LogP contribution in [0.1, 0.15) is 11.1 Å². The zero-order valence-electron chi connectivity index (χ0n) is 14.5. The lowest BCUT2D eigenvalue weighted by atomic mass is 10.1. The number of halogens is 2. The van der Waals surface area contributed by atoms with Crippen molar-refractivity contribution in [2.75, 3.05) is 5.32 Å². The van der Waals surface area contributed by atoms with Crippen LogP contribution in [0.25, 0.3) is 11.5 Å². The fourth-order valence-electron chi connectivity index (χ4n) is 2.50. The van der Waals surface area contributed by atoms with Crippen molar-refractivity contribution in [3.05, 3.63) is 95.0 Å². The number of rotatable bonds is 4. The SMILES string of the molecule is Cc1ccc(NC(=S)C(=C(O)c2ccc(F)cc2)[n+]2ccccc2)cc1Cl. The average molecular weight is 400 g/mol. The number of pyridine rings is 1. The second kappa shape index (κ2) is 8.29. The molecule has 1 heterocycles. The van der Waals surface area contributed by atoms with Gasteiger partial charge < -0.3 is 10.4 Å². The van der Waals surface area contributed by atoms with Gasteiger partial charge in [0.05, 0.1) is 0 Å². The standard InChI is InChI=1S/C21H16ClFN2OS/c1-14-5-10-17(13-18(14)22)24-21(27)19(25-11-3-2-4-12-25)20(26)15-6-8-16(23)9-7-15/h2-13H,1H3,(H-,24,26,27)/p+1. The molecule has 0 saturated carbocycles. The molecule has 3 aromatic rings. The molecule has 136 valence electrons. The summed E-state index contributed by atoms with van der Waals surface area (Å²) in [5, 5.41) is 14.6. The highest BCUT2D eigenvalue weighted by Gasteiger charge is 2.23. The molecule has 0 aliphatic rings. The first-order valence-corrected chi connectivity index (χ1v) is 8.97. The fraction of sp³-hybridized carbons (Fsp3) is 0.0476. The van der Waals surface area contributed by atoms with Crippen LogP contribution in [-0.2, 0) is 0 Å². The highest BCUT2D eigenvalue weighted by molar-refractivity contribution is 7.81. The van der Waals surface area contributed by atoms with Gasteiger partial charge in [-0.15, -0.1) is 0 Å². The summed E-state index contributed by atoms with van der Waals surface area (Å²) >= 11 is 11.7. The van der Waals surface area contributed by atoms with Crippen LogP contribution in [-0.4, -0.2) is 10.1 Å². The lowest BCUT2D eigenvalue weighted by Gasteiger charge is -2.11. The Labute approximate surface area is 167 Å². The van der Waals surface area contributed by atoms with Gasteiger partial charge in [-0.25, -0.2) is 4.39 Å². The molecule has 27 heavy (non-hydrogen) atoms. The molecule has 0 saturated heterocycles. The first-order chi connectivity index (χ1) is 13.0. The molecule has 3 rings (SSSR count). The van der Waals surface area contributed by atoms with Gasteiger partial charge in [-0.3, -0.25) is 0 Å². The lowest BCUT2D eigenvalue weighted by Crippen LogP contribution is -2.38. The summed E-state index contributed by atoms with van der Waals surface area (Å²) in [7, 11) is 0. The van der Waals surface area contributed by atoms with Crippen molar-refractivity contribution in [2.24, 2.45) is 0 Å². The largest absolute Gasteiger partial charge is 0.502 e. The van der Waals surface area contributed by atoms with Crippen molar-refractivity contribution in [1.82, 2.24) is 0 Å². The van der Waals surface area contributed by atoms with E-state index >= 15 is 0 Å². The van der Waals surface area contributed by atoms with E-state index in [2.05, 4.69) is 5.32 Å². The molecule has 0 aliphatic carbocycles. The van der Waals surface area contributed by atoms with E-state index in [-0.39, 0.29) is 11.6 Å². The van der Waals surface area contributed by atoms with Crippen molar-refractivity contribution >= 4 is 46.0 Å². The minimum absolute atomic E-state index is 0.0677. The predicted octanol–water partition coefficient (Wildman–Crippen LogP) is 5.40. The summed E-state index contributed by atoms with van der Waals surface area (Å²) in [6, 6.07) is 16.6. The molecule has 2 aromatic carbocycles. The summed E-state index contributed by atoms with van der Waals surface area (Å²) < 4.78 is 14.9. The molecule has 0 aliphatic heterocycles. The number of aliphatic hydroxyl groups excluding tert-OH is 1. The van der Waals surface area contributed by atoms with Crippen LogP contribution in [0.4, 0.5) is 10.1 Å². The number of nitrogens with one attached hydrogen (secondary N) is 1. The maximum atomic E-state index is 13.2. The van der Waals surface area contributed by atoms with E-state index in [1.54, 1.807) is 23.0 Å². The van der Waals surface area contributed by atoms with Gasteiger partial charge in [0.1, 0.15) is 5.82 Å². The van der Waals surface area contributed by atoms with Crippen LogP contribution >= 0.6 is 23.8 Å². The van der Waals surface area contributed by atoms with Crippen molar-refractivity contribution in [1.29, 1.82) is 0 Å². The minimum Gasteiger partial charge on any atom is -0.502 e. The molecule has 0 spiro atoms. The number of aliphatic hydroxyl groups is 1. The maximum Gasteiger partial charge on any atom is 0.288 e. The molecule has 0 amide bonds. The van der Waals surface area contributed by atoms with E-state index in [0.29, 0.717) is 27.0 Å². The molecular weight excluding hydrogens is 383 g/mol. The van der Waals surface area contributed by atoms with E-state index in [1.807, 2.05) is 37.3 Å². The molecule has 6 heteroatoms. The van der Waals surface area contributed by atoms with Crippen molar-refractivity contribution < 1.29 is 14.1 Å². The Hall–Kier alpha value is -2.76. The second-order valence-corrected chi connectivity index (χ2v) is 6.72. The van der Waals surface area contributed by atoms with Gasteiger partial charge in [0.15, 0.2) is 23.1 Å². The smallest absolute Gasteiger partial charge is 0.288 e. The molecule has 0 bridgehead atoms. The monoisotopic (exact) mass is 399 g/mol. The normalized spacial score (nSPS) is 11.7. The predicted molar refractivity (Wildman–Crippen MR) is 111 cm³/mol. The van der Waals surface area contributed by atoms with E-state index in [9.17, 15) is 9.50 Å². The molecule has 1 aromatic heterocycles. The lowest BCUT2D eigenvalue weighted by molar-refractivity contribution is -0.575. The highest BCUT2D eigenvalue weighted by atomic mass is 35.5. The van der Waals surface area contributed by atoms with E-state index in [0.717, 1.165) is 5.56 Å². The quantitative estimate of drug-likeness (QED) is 0.267. The summed E-state index contributed by atoms with van der Waals surface area (Å²) in [5.41, 5.74) is 2.48. The van der Waals surface area contributed by atoms with Gasteiger partial charge in [-0.2, -0.15) is 4.57 Å². The molecule has 0 fully saturated rings. The van der Waals surface area contributed by atoms with Crippen LogP contribution in [0.2, 0.25) is 5.02 Å². The number of nitrogens with zero attached hydrogens (tertiary/aromatic N) is 1. The molecule has 0 unspecified atom stereocenters. The number of anilines is 1. The third kappa shape index (κ3) is 4.51. The summed E-state index contributed by atoms with van der Waals surface area (Å²) in [6.45, 7) is 1.91. The van der Waals surface area contributed by atoms with Crippen LogP contribution in [0.15, 0.2) is 73.1 Å². The van der Waals surface area contributed by atoms with E-state index in [4.69, 9.17) is 23.8 Å². The number of benzene rings is 2. The van der Waals surface area contributed by atoms with Crippen LogP contribution < -0.4 is 9.88 Å². The number of thiocarbonyl (C=S) groups is 1. The van der Waals surface area contributed by atoms with Gasteiger partial charge >= 0.3 is 0 Å². The molecule has 3 nitrogen and oxygen atoms in total. The third-order valence-corrected chi connectivity index (χ3v) is 4.66. The van der Waals surface area contributed by atoms with Gasteiger partial charge in [0.25, 0.3) is 5.70 Å². The van der Waals surface area contributed by atoms with Crippen molar-refractivity contribution in [3.8, 4) is 0 Å². The average Bonchev–Trinajstić information content (AvgIpc) is 2.66. The molecule has 2 N–H and O–H groups in total. The van der Waals surface area contributed by atoms with Gasteiger partial charge in [-0.1, -0.05) is 36.0 Å². The number of hydrogen-bond donors (Lipinski definition) is 2. The highest BCUT2D eigenvalue weighted by Crippen LogP contribution is 2.23. The van der Waals surface area contributed by atoms with E-state index in [1.165, 1.54) is 24.3 Å². The van der Waals surface area contributed by atoms with E-state index < -0.39 is 0 Å². The topological polar surface area (TPSA) is 36.1 Å². The Morgan fingerprint density at radius 2 is 1.74 bits per heavy atom. The number of hydrogen-bond acceptors (Lipinski definition) is 2. The van der Waals surface area contributed by atoms with Crippen LogP contribution in [0.5, 0.6) is 0 Å². The van der Waals surface area contributed by atoms with Gasteiger partial charge in [0.2, 0.25) is 0 Å². The molecule has 0 radical (unpaired) electrons. The van der Waals surface area contributed by atoms with Gasteiger partial charge in [-0.05, 0) is 48.9 Å².